The van der Waals surface area contributed by atoms with Gasteiger partial charge in [-0.25, -0.2) is 14.4 Å². The Bertz CT molecular complexity index is 1320. The van der Waals surface area contributed by atoms with Crippen molar-refractivity contribution >= 4 is 40.9 Å². The van der Waals surface area contributed by atoms with Crippen molar-refractivity contribution in [3.63, 3.8) is 0 Å². The van der Waals surface area contributed by atoms with Crippen molar-refractivity contribution in [3.05, 3.63) is 76.9 Å². The molecule has 2 aromatic rings. The van der Waals surface area contributed by atoms with E-state index in [9.17, 15) is 14.4 Å². The van der Waals surface area contributed by atoms with Crippen LogP contribution in [0.1, 0.15) is 24.0 Å². The Hall–Kier alpha value is -4.30. The number of hydrogen-bond acceptors (Lipinski definition) is 7. The average Bonchev–Trinajstić information content (AvgIpc) is 3.10. The van der Waals surface area contributed by atoms with Gasteiger partial charge in [0.1, 0.15) is 19.0 Å². The van der Waals surface area contributed by atoms with E-state index in [1.54, 1.807) is 6.08 Å². The molecule has 230 valence electrons. The largest absolute Gasteiger partial charge is 0.491 e. The lowest BCUT2D eigenvalue weighted by molar-refractivity contribution is -0.134. The van der Waals surface area contributed by atoms with E-state index in [1.807, 2.05) is 19.2 Å². The third kappa shape index (κ3) is 13.5. The van der Waals surface area contributed by atoms with Crippen molar-refractivity contribution in [1.29, 1.82) is 0 Å². The molecule has 1 aliphatic rings. The van der Waals surface area contributed by atoms with Crippen LogP contribution in [0.25, 0.3) is 0 Å². The van der Waals surface area contributed by atoms with Gasteiger partial charge in [-0.2, -0.15) is 0 Å². The number of terminal acetylenes is 1. The zero-order valence-corrected chi connectivity index (χ0v) is 24.8. The number of carboxylic acid groups (broad SMARTS) is 3. The van der Waals surface area contributed by atoms with Crippen LogP contribution in [0.15, 0.2) is 60.7 Å². The molecule has 43 heavy (non-hydrogen) atoms. The number of ether oxygens (including phenoxy) is 2. The Morgan fingerprint density at radius 1 is 0.953 bits per heavy atom. The fourth-order valence-corrected chi connectivity index (χ4v) is 4.49. The van der Waals surface area contributed by atoms with Gasteiger partial charge in [-0.1, -0.05) is 29.7 Å². The maximum atomic E-state index is 10.6. The first kappa shape index (κ1) is 34.9. The van der Waals surface area contributed by atoms with Gasteiger partial charge in [0.15, 0.2) is 0 Å². The summed E-state index contributed by atoms with van der Waals surface area (Å²) in [7, 11) is 2.00. The Labute approximate surface area is 256 Å². The van der Waals surface area contributed by atoms with E-state index >= 15 is 0 Å². The average molecular weight is 613 g/mol. The lowest BCUT2D eigenvalue weighted by atomic mass is 10.0. The van der Waals surface area contributed by atoms with Gasteiger partial charge >= 0.3 is 17.9 Å². The first-order valence-corrected chi connectivity index (χ1v) is 14.0. The maximum absolute atomic E-state index is 10.6. The number of carbonyl (C=O) groups is 3. The van der Waals surface area contributed by atoms with Crippen molar-refractivity contribution in [3.8, 4) is 18.1 Å². The van der Waals surface area contributed by atoms with E-state index in [-0.39, 0.29) is 6.61 Å². The first-order chi connectivity index (χ1) is 20.6. The SMILES string of the molecule is C#CCOCCOc1ccc2c(c1)CCc1ccc(Cl)cc1N2CCCCN(C)C/C=C/C(=O)O.O=C(O)/C=C\C(=O)O. The van der Waals surface area contributed by atoms with Crippen LogP contribution in [0.3, 0.4) is 0 Å². The maximum Gasteiger partial charge on any atom is 0.328 e. The molecule has 2 aromatic carbocycles. The Balaban J connectivity index is 0.000000708. The first-order valence-electron chi connectivity index (χ1n) is 13.7. The normalized spacial score (nSPS) is 12.2. The molecule has 0 atom stereocenters. The van der Waals surface area contributed by atoms with Crippen LogP contribution in [0, 0.1) is 12.3 Å². The highest BCUT2D eigenvalue weighted by Crippen LogP contribution is 2.39. The molecule has 10 nitrogen and oxygen atoms in total. The van der Waals surface area contributed by atoms with E-state index in [0.29, 0.717) is 31.9 Å². The number of aryl methyl sites for hydroxylation is 2. The molecule has 0 saturated carbocycles. The summed E-state index contributed by atoms with van der Waals surface area (Å²) in [5.74, 6) is -0.151. The Morgan fingerprint density at radius 3 is 2.33 bits per heavy atom. The summed E-state index contributed by atoms with van der Waals surface area (Å²) in [6, 6.07) is 12.4. The third-order valence-corrected chi connectivity index (χ3v) is 6.48. The van der Waals surface area contributed by atoms with E-state index in [0.717, 1.165) is 55.2 Å². The van der Waals surface area contributed by atoms with Crippen molar-refractivity contribution in [2.45, 2.75) is 25.7 Å². The predicted molar refractivity (Wildman–Crippen MR) is 165 cm³/mol. The molecular formula is C32H37ClN2O8. The Morgan fingerprint density at radius 2 is 1.65 bits per heavy atom. The van der Waals surface area contributed by atoms with Gasteiger partial charge in [0.05, 0.1) is 6.61 Å². The summed E-state index contributed by atoms with van der Waals surface area (Å²) < 4.78 is 11.2. The van der Waals surface area contributed by atoms with E-state index in [1.165, 1.54) is 22.9 Å². The molecule has 0 fully saturated rings. The second kappa shape index (κ2) is 19.0. The molecule has 11 heteroatoms. The summed E-state index contributed by atoms with van der Waals surface area (Å²) in [5, 5.41) is 25.1. The fraction of sp³-hybridized carbons (Fsp3) is 0.344. The summed E-state index contributed by atoms with van der Waals surface area (Å²) >= 11 is 6.39. The number of likely N-dealkylation sites (N-methyl/N-ethyl adjacent to an activating group) is 1. The van der Waals surface area contributed by atoms with Gasteiger partial charge in [-0.05, 0) is 80.7 Å². The van der Waals surface area contributed by atoms with Crippen LogP contribution < -0.4 is 9.64 Å². The quantitative estimate of drug-likeness (QED) is 0.148. The monoisotopic (exact) mass is 612 g/mol. The molecule has 1 heterocycles. The number of rotatable bonds is 15. The summed E-state index contributed by atoms with van der Waals surface area (Å²) in [5.41, 5.74) is 4.87. The number of fused-ring (bicyclic) bond motifs is 2. The Kier molecular flexibility index (Phi) is 15.4. The molecule has 3 N–H and O–H groups in total. The van der Waals surface area contributed by atoms with Gasteiger partial charge in [-0.3, -0.25) is 0 Å². The standard InChI is InChI=1S/C28H33ClN2O4.C4H4O4/c1-3-17-34-18-19-35-25-12-13-26-23(20-25)9-8-22-10-11-24(29)21-27(22)31(26)16-5-4-14-30(2)15-6-7-28(32)33;5-3(6)1-2-4(7)8/h1,6-7,10-13,20-21H,4-5,8-9,14-19H2,2H3,(H,32,33);1-2H,(H,5,6)(H,7,8)/b7-6+;2-1-. The fourth-order valence-electron chi connectivity index (χ4n) is 4.32. The predicted octanol–water partition coefficient (Wildman–Crippen LogP) is 4.67. The third-order valence-electron chi connectivity index (χ3n) is 6.24. The van der Waals surface area contributed by atoms with Crippen LogP contribution in [-0.2, 0) is 32.0 Å². The van der Waals surface area contributed by atoms with Gasteiger partial charge in [-0.15, -0.1) is 6.42 Å². The second-order valence-corrected chi connectivity index (χ2v) is 9.98. The number of unbranched alkanes of at least 4 members (excludes halogenated alkanes) is 1. The van der Waals surface area contributed by atoms with Crippen LogP contribution in [0.2, 0.25) is 5.02 Å². The van der Waals surface area contributed by atoms with Gasteiger partial charge < -0.3 is 34.6 Å². The van der Waals surface area contributed by atoms with Gasteiger partial charge in [0.2, 0.25) is 0 Å². The van der Waals surface area contributed by atoms with Crippen molar-refractivity contribution in [2.75, 3.05) is 51.4 Å². The highest BCUT2D eigenvalue weighted by atomic mass is 35.5. The van der Waals surface area contributed by atoms with Crippen LogP contribution in [-0.4, -0.2) is 84.6 Å². The molecule has 0 radical (unpaired) electrons. The van der Waals surface area contributed by atoms with E-state index < -0.39 is 17.9 Å². The minimum Gasteiger partial charge on any atom is -0.491 e. The highest BCUT2D eigenvalue weighted by Gasteiger charge is 2.21. The minimum atomic E-state index is -1.26. The molecule has 0 aliphatic carbocycles. The van der Waals surface area contributed by atoms with Gasteiger partial charge in [0.25, 0.3) is 0 Å². The number of hydrogen-bond donors (Lipinski definition) is 3. The van der Waals surface area contributed by atoms with Crippen LogP contribution in [0.5, 0.6) is 5.75 Å². The van der Waals surface area contributed by atoms with Crippen molar-refractivity contribution < 1.29 is 39.2 Å². The second-order valence-electron chi connectivity index (χ2n) is 9.54. The van der Waals surface area contributed by atoms with Crippen LogP contribution >= 0.6 is 11.6 Å². The molecule has 0 unspecified atom stereocenters. The van der Waals surface area contributed by atoms with Crippen molar-refractivity contribution in [1.82, 2.24) is 4.90 Å². The summed E-state index contributed by atoms with van der Waals surface area (Å²) in [6.45, 7) is 3.57. The van der Waals surface area contributed by atoms with Gasteiger partial charge in [0, 0.05) is 47.7 Å². The van der Waals surface area contributed by atoms with E-state index in [4.69, 9.17) is 42.8 Å². The molecule has 0 amide bonds. The number of halogens is 1. The lowest BCUT2D eigenvalue weighted by Gasteiger charge is -2.28. The highest BCUT2D eigenvalue weighted by molar-refractivity contribution is 6.30. The number of aliphatic carboxylic acids is 3. The lowest BCUT2D eigenvalue weighted by Crippen LogP contribution is -2.23. The molecule has 1 aliphatic heterocycles. The summed E-state index contributed by atoms with van der Waals surface area (Å²) in [4.78, 5) is 34.2. The summed E-state index contributed by atoms with van der Waals surface area (Å²) in [6.07, 6.45) is 13.0. The molecule has 3 rings (SSSR count). The molecule has 0 saturated heterocycles. The molecule has 0 spiro atoms. The number of anilines is 2. The number of carboxylic acids is 3. The van der Waals surface area contributed by atoms with Crippen molar-refractivity contribution in [2.24, 2.45) is 0 Å². The topological polar surface area (TPSA) is 137 Å². The molecule has 0 bridgehead atoms. The smallest absolute Gasteiger partial charge is 0.328 e. The molecular weight excluding hydrogens is 576 g/mol. The number of benzene rings is 2. The number of nitrogens with zero attached hydrogens (tertiary/aromatic N) is 2. The molecule has 0 aromatic heterocycles. The van der Waals surface area contributed by atoms with E-state index in [2.05, 4.69) is 40.0 Å². The zero-order chi connectivity index (χ0) is 31.6. The minimum absolute atomic E-state index is 0.290. The zero-order valence-electron chi connectivity index (χ0n) is 24.1. The van der Waals surface area contributed by atoms with Crippen LogP contribution in [0.4, 0.5) is 11.4 Å².